The van der Waals surface area contributed by atoms with E-state index in [-0.39, 0.29) is 11.6 Å². The second-order valence-electron chi connectivity index (χ2n) is 5.64. The van der Waals surface area contributed by atoms with Gasteiger partial charge in [0.25, 0.3) is 0 Å². The second kappa shape index (κ2) is 6.31. The van der Waals surface area contributed by atoms with Crippen molar-refractivity contribution in [3.63, 3.8) is 0 Å². The Balaban J connectivity index is 2.33. The summed E-state index contributed by atoms with van der Waals surface area (Å²) in [5.41, 5.74) is -0.360. The van der Waals surface area contributed by atoms with E-state index in [1.165, 1.54) is 11.9 Å². The second-order valence-corrected chi connectivity index (χ2v) is 7.61. The molecular weight excluding hydrogens is 311 g/mol. The number of nitrogens with zero attached hydrogens (tertiary/aromatic N) is 1. The molecule has 2 rings (SSSR count). The Bertz CT molecular complexity index is 669. The van der Waals surface area contributed by atoms with Crippen molar-refractivity contribution in [1.82, 2.24) is 4.31 Å². The molecule has 0 aliphatic carbocycles. The van der Waals surface area contributed by atoms with Gasteiger partial charge in [0, 0.05) is 25.9 Å². The van der Waals surface area contributed by atoms with Crippen molar-refractivity contribution in [2.45, 2.75) is 23.8 Å². The van der Waals surface area contributed by atoms with Crippen LogP contribution in [-0.4, -0.2) is 51.9 Å². The highest BCUT2D eigenvalue weighted by atomic mass is 32.2. The van der Waals surface area contributed by atoms with Crippen molar-refractivity contribution in [3.05, 3.63) is 29.6 Å². The molecule has 0 atom stereocenters. The maximum absolute atomic E-state index is 13.9. The lowest BCUT2D eigenvalue weighted by Gasteiger charge is -2.32. The molecule has 0 radical (unpaired) electrons. The van der Waals surface area contributed by atoms with E-state index in [1.807, 2.05) is 7.05 Å². The van der Waals surface area contributed by atoms with Gasteiger partial charge in [0.05, 0.1) is 26.1 Å². The zero-order chi connectivity index (χ0) is 16.5. The molecule has 0 amide bonds. The topological polar surface area (TPSA) is 82.0 Å². The molecule has 1 saturated heterocycles. The van der Waals surface area contributed by atoms with Gasteiger partial charge in [-0.05, 0) is 17.7 Å². The van der Waals surface area contributed by atoms with Crippen LogP contribution in [-0.2, 0) is 10.0 Å². The van der Waals surface area contributed by atoms with Gasteiger partial charge in [-0.25, -0.2) is 12.8 Å². The summed E-state index contributed by atoms with van der Waals surface area (Å²) in [6.45, 7) is 1.68. The van der Waals surface area contributed by atoms with Crippen molar-refractivity contribution >= 4 is 16.0 Å². The minimum Gasteiger partial charge on any atom is -0.545 e. The molecule has 1 N–H and O–H groups in total. The van der Waals surface area contributed by atoms with Gasteiger partial charge < -0.3 is 14.8 Å². The number of carboxylic acids is 1. The molecule has 1 aliphatic heterocycles. The van der Waals surface area contributed by atoms with Crippen LogP contribution in [0.3, 0.4) is 0 Å². The van der Waals surface area contributed by atoms with Gasteiger partial charge >= 0.3 is 0 Å². The van der Waals surface area contributed by atoms with E-state index >= 15 is 0 Å². The third-order valence-electron chi connectivity index (χ3n) is 4.15. The average molecular weight is 330 g/mol. The first-order valence-corrected chi connectivity index (χ1v) is 8.47. The summed E-state index contributed by atoms with van der Waals surface area (Å²) < 4.78 is 40.2. The number of hydrogen-bond donors (Lipinski definition) is 1. The van der Waals surface area contributed by atoms with Crippen molar-refractivity contribution in [2.75, 3.05) is 27.2 Å². The quantitative estimate of drug-likeness (QED) is 0.727. The summed E-state index contributed by atoms with van der Waals surface area (Å²) in [7, 11) is -0.641. The lowest BCUT2D eigenvalue weighted by molar-refractivity contribution is -0.885. The Hall–Kier alpha value is -1.51. The van der Waals surface area contributed by atoms with Crippen LogP contribution in [0.5, 0.6) is 0 Å². The number of quaternary nitrogens is 1. The Kier molecular flexibility index (Phi) is 4.84. The largest absolute Gasteiger partial charge is 0.545 e. The Morgan fingerprint density at radius 3 is 2.50 bits per heavy atom. The van der Waals surface area contributed by atoms with Crippen LogP contribution >= 0.6 is 0 Å². The van der Waals surface area contributed by atoms with Crippen molar-refractivity contribution in [3.8, 4) is 0 Å². The average Bonchev–Trinajstić information content (AvgIpc) is 2.47. The van der Waals surface area contributed by atoms with Gasteiger partial charge in [-0.2, -0.15) is 4.31 Å². The van der Waals surface area contributed by atoms with Gasteiger partial charge in [0.15, 0.2) is 0 Å². The lowest BCUT2D eigenvalue weighted by Crippen LogP contribution is -3.10. The third kappa shape index (κ3) is 3.29. The predicted octanol–water partition coefficient (Wildman–Crippen LogP) is -1.51. The normalized spacial score (nSPS) is 22.7. The molecule has 1 aliphatic rings. The van der Waals surface area contributed by atoms with Crippen LogP contribution in [0.25, 0.3) is 0 Å². The predicted molar refractivity (Wildman–Crippen MR) is 75.3 cm³/mol. The molecule has 0 spiro atoms. The SMILES string of the molecule is CN(C1CC[NH+](C)CC1)S(=O)(=O)c1cc(C(=O)[O-])ccc1F. The van der Waals surface area contributed by atoms with E-state index in [4.69, 9.17) is 0 Å². The van der Waals surface area contributed by atoms with Crippen LogP contribution in [0.15, 0.2) is 23.1 Å². The molecule has 1 fully saturated rings. The van der Waals surface area contributed by atoms with E-state index in [1.54, 1.807) is 0 Å². The summed E-state index contributed by atoms with van der Waals surface area (Å²) in [6, 6.07) is 2.43. The van der Waals surface area contributed by atoms with Crippen LogP contribution < -0.4 is 10.0 Å². The Morgan fingerprint density at radius 1 is 1.36 bits per heavy atom. The van der Waals surface area contributed by atoms with E-state index in [0.29, 0.717) is 12.8 Å². The number of carbonyl (C=O) groups excluding carboxylic acids is 1. The molecule has 8 heteroatoms. The van der Waals surface area contributed by atoms with Gasteiger partial charge in [0.2, 0.25) is 10.0 Å². The zero-order valence-electron chi connectivity index (χ0n) is 12.5. The van der Waals surface area contributed by atoms with Gasteiger partial charge in [-0.15, -0.1) is 0 Å². The fourth-order valence-electron chi connectivity index (χ4n) is 2.64. The van der Waals surface area contributed by atoms with Gasteiger partial charge in [0.1, 0.15) is 10.7 Å². The Morgan fingerprint density at radius 2 is 1.95 bits per heavy atom. The van der Waals surface area contributed by atoms with Gasteiger partial charge in [-0.1, -0.05) is 6.07 Å². The molecule has 122 valence electrons. The number of piperidine rings is 1. The summed E-state index contributed by atoms with van der Waals surface area (Å²) in [4.78, 5) is 11.6. The number of likely N-dealkylation sites (tertiary alicyclic amines) is 1. The maximum atomic E-state index is 13.9. The first-order valence-electron chi connectivity index (χ1n) is 7.03. The molecule has 0 saturated carbocycles. The smallest absolute Gasteiger partial charge is 0.246 e. The molecule has 6 nitrogen and oxygen atoms in total. The van der Waals surface area contributed by atoms with Gasteiger partial charge in [-0.3, -0.25) is 0 Å². The summed E-state index contributed by atoms with van der Waals surface area (Å²) in [5.74, 6) is -2.50. The minimum atomic E-state index is -4.08. The van der Waals surface area contributed by atoms with E-state index in [9.17, 15) is 22.7 Å². The van der Waals surface area contributed by atoms with Crippen molar-refractivity contribution in [1.29, 1.82) is 0 Å². The number of carbonyl (C=O) groups is 1. The minimum absolute atomic E-state index is 0.209. The van der Waals surface area contributed by atoms with Crippen LogP contribution in [0, 0.1) is 5.82 Å². The number of halogens is 1. The molecule has 1 aromatic carbocycles. The van der Waals surface area contributed by atoms with Crippen LogP contribution in [0.4, 0.5) is 4.39 Å². The third-order valence-corrected chi connectivity index (χ3v) is 6.07. The number of rotatable bonds is 4. The summed E-state index contributed by atoms with van der Waals surface area (Å²) in [5, 5.41) is 10.9. The number of benzene rings is 1. The monoisotopic (exact) mass is 330 g/mol. The number of sulfonamides is 1. The number of carboxylic acid groups (broad SMARTS) is 1. The highest BCUT2D eigenvalue weighted by molar-refractivity contribution is 7.89. The zero-order valence-corrected chi connectivity index (χ0v) is 13.3. The fourth-order valence-corrected chi connectivity index (χ4v) is 4.14. The summed E-state index contributed by atoms with van der Waals surface area (Å²) >= 11 is 0. The highest BCUT2D eigenvalue weighted by Crippen LogP contribution is 2.23. The molecule has 1 heterocycles. The lowest BCUT2D eigenvalue weighted by atomic mass is 10.1. The van der Waals surface area contributed by atoms with E-state index in [0.717, 1.165) is 35.6 Å². The molecule has 0 bridgehead atoms. The molecule has 0 aromatic heterocycles. The first-order chi connectivity index (χ1) is 10.2. The number of aromatic carboxylic acids is 1. The molecule has 0 unspecified atom stereocenters. The molecular formula is C14H19FN2O4S. The standard InChI is InChI=1S/C14H19FN2O4S/c1-16-7-5-11(6-8-16)17(2)22(20,21)13-9-10(14(18)19)3-4-12(13)15/h3-4,9,11H,5-8H2,1-2H3,(H,18,19). The number of nitrogens with one attached hydrogen (secondary N) is 1. The fraction of sp³-hybridized carbons (Fsp3) is 0.500. The van der Waals surface area contributed by atoms with E-state index in [2.05, 4.69) is 0 Å². The Labute approximate surface area is 129 Å². The number of hydrogen-bond acceptors (Lipinski definition) is 4. The maximum Gasteiger partial charge on any atom is 0.246 e. The molecule has 1 aromatic rings. The highest BCUT2D eigenvalue weighted by Gasteiger charge is 2.33. The van der Waals surface area contributed by atoms with Crippen LogP contribution in [0.1, 0.15) is 23.2 Å². The van der Waals surface area contributed by atoms with E-state index < -0.39 is 26.7 Å². The van der Waals surface area contributed by atoms with Crippen LogP contribution in [0.2, 0.25) is 0 Å². The molecule has 22 heavy (non-hydrogen) atoms. The summed E-state index contributed by atoms with van der Waals surface area (Å²) in [6.07, 6.45) is 1.37. The van der Waals surface area contributed by atoms with Crippen molar-refractivity contribution < 1.29 is 27.6 Å². The van der Waals surface area contributed by atoms with Crippen molar-refractivity contribution in [2.24, 2.45) is 0 Å². The first kappa shape index (κ1) is 16.9.